The molecule has 29 heavy (non-hydrogen) atoms. The van der Waals surface area contributed by atoms with Crippen LogP contribution in [-0.4, -0.2) is 29.8 Å². The number of carbonyl (C=O) groups is 2. The van der Waals surface area contributed by atoms with Crippen molar-refractivity contribution in [3.8, 4) is 0 Å². The molecule has 0 aliphatic carbocycles. The number of thioether (sulfide) groups is 1. The molecule has 0 saturated carbocycles. The number of piperidine rings is 1. The van der Waals surface area contributed by atoms with Crippen molar-refractivity contribution in [3.63, 3.8) is 0 Å². The van der Waals surface area contributed by atoms with E-state index in [0.29, 0.717) is 12.8 Å². The van der Waals surface area contributed by atoms with Crippen LogP contribution in [-0.2, 0) is 9.59 Å². The average molecular weight is 408 g/mol. The SMILES string of the molecule is CC1CCN(c2ccc(NC(=O)C34CCC(=O)N3c3ccccc3S4)cc2)CC1. The molecule has 1 unspecified atom stereocenters. The monoisotopic (exact) mass is 407 g/mol. The van der Waals surface area contributed by atoms with Gasteiger partial charge in [-0.25, -0.2) is 0 Å². The minimum Gasteiger partial charge on any atom is -0.372 e. The van der Waals surface area contributed by atoms with Gasteiger partial charge in [-0.2, -0.15) is 0 Å². The third-order valence-corrected chi connectivity index (χ3v) is 7.78. The van der Waals surface area contributed by atoms with Crippen LogP contribution in [0.15, 0.2) is 53.4 Å². The first-order valence-corrected chi connectivity index (χ1v) is 11.2. The van der Waals surface area contributed by atoms with Gasteiger partial charge in [-0.05, 0) is 61.6 Å². The van der Waals surface area contributed by atoms with Crippen molar-refractivity contribution in [2.75, 3.05) is 28.2 Å². The lowest BCUT2D eigenvalue weighted by atomic mass is 9.99. The van der Waals surface area contributed by atoms with Crippen molar-refractivity contribution in [2.24, 2.45) is 5.92 Å². The Labute approximate surface area is 175 Å². The van der Waals surface area contributed by atoms with Crippen molar-refractivity contribution < 1.29 is 9.59 Å². The molecule has 2 aromatic carbocycles. The number of rotatable bonds is 3. The second kappa shape index (κ2) is 7.10. The molecule has 2 aromatic rings. The number of nitrogens with zero attached hydrogens (tertiary/aromatic N) is 2. The Morgan fingerprint density at radius 1 is 1.10 bits per heavy atom. The number of benzene rings is 2. The fraction of sp³-hybridized carbons (Fsp3) is 0.391. The first-order chi connectivity index (χ1) is 14.1. The molecular weight excluding hydrogens is 382 g/mol. The maximum Gasteiger partial charge on any atom is 0.261 e. The van der Waals surface area contributed by atoms with Crippen LogP contribution in [0.1, 0.15) is 32.6 Å². The second-order valence-electron chi connectivity index (χ2n) is 8.25. The zero-order chi connectivity index (χ0) is 20.0. The van der Waals surface area contributed by atoms with Gasteiger partial charge in [0, 0.05) is 35.8 Å². The third-order valence-electron chi connectivity index (χ3n) is 6.30. The molecule has 5 nitrogen and oxygen atoms in total. The number of nitrogens with one attached hydrogen (secondary N) is 1. The first kappa shape index (κ1) is 18.6. The molecule has 0 spiro atoms. The quantitative estimate of drug-likeness (QED) is 0.815. The Kier molecular flexibility index (Phi) is 4.54. The molecular formula is C23H25N3O2S. The highest BCUT2D eigenvalue weighted by molar-refractivity contribution is 8.02. The van der Waals surface area contributed by atoms with E-state index in [1.165, 1.54) is 30.3 Å². The van der Waals surface area contributed by atoms with Crippen LogP contribution in [0, 0.1) is 5.92 Å². The van der Waals surface area contributed by atoms with Crippen LogP contribution in [0.2, 0.25) is 0 Å². The van der Waals surface area contributed by atoms with E-state index in [0.717, 1.165) is 35.3 Å². The van der Waals surface area contributed by atoms with Crippen molar-refractivity contribution >= 4 is 40.6 Å². The highest BCUT2D eigenvalue weighted by atomic mass is 32.2. The van der Waals surface area contributed by atoms with Gasteiger partial charge in [-0.15, -0.1) is 0 Å². The predicted octanol–water partition coefficient (Wildman–Crippen LogP) is 4.49. The largest absolute Gasteiger partial charge is 0.372 e. The van der Waals surface area contributed by atoms with Gasteiger partial charge >= 0.3 is 0 Å². The summed E-state index contributed by atoms with van der Waals surface area (Å²) in [5.41, 5.74) is 2.83. The van der Waals surface area contributed by atoms with Gasteiger partial charge in [0.25, 0.3) is 5.91 Å². The van der Waals surface area contributed by atoms with Gasteiger partial charge in [0.05, 0.1) is 5.69 Å². The molecule has 1 N–H and O–H groups in total. The molecule has 0 radical (unpaired) electrons. The lowest BCUT2D eigenvalue weighted by Crippen LogP contribution is -2.49. The van der Waals surface area contributed by atoms with E-state index in [2.05, 4.69) is 29.3 Å². The highest BCUT2D eigenvalue weighted by Gasteiger charge is 2.57. The zero-order valence-electron chi connectivity index (χ0n) is 16.6. The van der Waals surface area contributed by atoms with Gasteiger partial charge in [0.2, 0.25) is 5.91 Å². The summed E-state index contributed by atoms with van der Waals surface area (Å²) >= 11 is 1.50. The lowest BCUT2D eigenvalue weighted by molar-refractivity contribution is -0.121. The van der Waals surface area contributed by atoms with Crippen molar-refractivity contribution in [1.29, 1.82) is 0 Å². The molecule has 0 bridgehead atoms. The molecule has 0 aromatic heterocycles. The van der Waals surface area contributed by atoms with Gasteiger partial charge in [-0.1, -0.05) is 30.8 Å². The molecule has 150 valence electrons. The van der Waals surface area contributed by atoms with Crippen molar-refractivity contribution in [2.45, 2.75) is 42.4 Å². The van der Waals surface area contributed by atoms with Crippen molar-refractivity contribution in [3.05, 3.63) is 48.5 Å². The van der Waals surface area contributed by atoms with E-state index in [4.69, 9.17) is 0 Å². The van der Waals surface area contributed by atoms with E-state index in [9.17, 15) is 9.59 Å². The van der Waals surface area contributed by atoms with Gasteiger partial charge in [0.1, 0.15) is 0 Å². The van der Waals surface area contributed by atoms with E-state index >= 15 is 0 Å². The number of hydrogen-bond acceptors (Lipinski definition) is 4. The molecule has 3 aliphatic rings. The summed E-state index contributed by atoms with van der Waals surface area (Å²) < 4.78 is 0. The minimum atomic E-state index is -0.873. The summed E-state index contributed by atoms with van der Waals surface area (Å²) in [7, 11) is 0. The van der Waals surface area contributed by atoms with Crippen LogP contribution >= 0.6 is 11.8 Å². The summed E-state index contributed by atoms with van der Waals surface area (Å²) in [5, 5.41) is 3.07. The molecule has 2 amide bonds. The maximum atomic E-state index is 13.3. The van der Waals surface area contributed by atoms with Gasteiger partial charge in [-0.3, -0.25) is 14.5 Å². The highest BCUT2D eigenvalue weighted by Crippen LogP contribution is 2.56. The topological polar surface area (TPSA) is 52.7 Å². The zero-order valence-corrected chi connectivity index (χ0v) is 17.4. The van der Waals surface area contributed by atoms with E-state index in [-0.39, 0.29) is 11.8 Å². The Hall–Kier alpha value is -2.47. The van der Waals surface area contributed by atoms with Crippen LogP contribution in [0.5, 0.6) is 0 Å². The summed E-state index contributed by atoms with van der Waals surface area (Å²) in [4.78, 5) is 30.1. The Morgan fingerprint density at radius 2 is 1.83 bits per heavy atom. The molecule has 2 saturated heterocycles. The number of fused-ring (bicyclic) bond motifs is 3. The summed E-state index contributed by atoms with van der Waals surface area (Å²) in [6.07, 6.45) is 3.38. The van der Waals surface area contributed by atoms with Gasteiger partial charge in [0.15, 0.2) is 4.87 Å². The summed E-state index contributed by atoms with van der Waals surface area (Å²) in [5.74, 6) is 0.700. The number of para-hydroxylation sites is 1. The summed E-state index contributed by atoms with van der Waals surface area (Å²) in [6, 6.07) is 15.9. The molecule has 1 atom stereocenters. The number of amides is 2. The number of hydrogen-bond donors (Lipinski definition) is 1. The predicted molar refractivity (Wildman–Crippen MR) is 117 cm³/mol. The number of anilines is 3. The van der Waals surface area contributed by atoms with E-state index in [1.54, 1.807) is 4.90 Å². The fourth-order valence-corrected chi connectivity index (χ4v) is 5.96. The average Bonchev–Trinajstić information content (AvgIpc) is 3.25. The van der Waals surface area contributed by atoms with E-state index < -0.39 is 4.87 Å². The van der Waals surface area contributed by atoms with Gasteiger partial charge < -0.3 is 10.2 Å². The minimum absolute atomic E-state index is 0.0206. The van der Waals surface area contributed by atoms with Crippen LogP contribution < -0.4 is 15.1 Å². The molecule has 3 aliphatic heterocycles. The van der Waals surface area contributed by atoms with Crippen LogP contribution in [0.25, 0.3) is 0 Å². The van der Waals surface area contributed by atoms with Crippen LogP contribution in [0.4, 0.5) is 17.1 Å². The van der Waals surface area contributed by atoms with E-state index in [1.807, 2.05) is 36.4 Å². The number of carbonyl (C=O) groups excluding carboxylic acids is 2. The standard InChI is InChI=1S/C23H25N3O2S/c1-16-11-14-25(15-12-16)18-8-6-17(7-9-18)24-22(28)23-13-10-21(27)26(23)19-4-2-3-5-20(19)29-23/h2-9,16H,10-15H2,1H3,(H,24,28). The first-order valence-electron chi connectivity index (χ1n) is 10.3. The Balaban J connectivity index is 1.33. The van der Waals surface area contributed by atoms with Crippen molar-refractivity contribution in [1.82, 2.24) is 0 Å². The summed E-state index contributed by atoms with van der Waals surface area (Å²) in [6.45, 7) is 4.48. The Bertz CT molecular complexity index is 953. The molecule has 2 fully saturated rings. The molecule has 6 heteroatoms. The molecule has 5 rings (SSSR count). The third kappa shape index (κ3) is 3.10. The lowest BCUT2D eigenvalue weighted by Gasteiger charge is -2.32. The molecule has 3 heterocycles. The van der Waals surface area contributed by atoms with Crippen LogP contribution in [0.3, 0.4) is 0 Å². The second-order valence-corrected chi connectivity index (χ2v) is 9.57. The smallest absolute Gasteiger partial charge is 0.261 e. The normalized spacial score (nSPS) is 23.8. The fourth-order valence-electron chi connectivity index (χ4n) is 4.55. The Morgan fingerprint density at radius 3 is 2.59 bits per heavy atom. The maximum absolute atomic E-state index is 13.3.